The SMILES string of the molecule is C=CCn1c(COc2ccccc2F)nnc1SCc1ccc(SC)c(OC)c1. The van der Waals surface area contributed by atoms with Crippen molar-refractivity contribution in [3.05, 3.63) is 72.3 Å². The Bertz CT molecular complexity index is 978. The lowest BCUT2D eigenvalue weighted by molar-refractivity contribution is 0.275. The first-order valence-corrected chi connectivity index (χ1v) is 11.1. The summed E-state index contributed by atoms with van der Waals surface area (Å²) in [6.45, 7) is 4.47. The zero-order valence-electron chi connectivity index (χ0n) is 16.3. The molecule has 0 atom stereocenters. The maximum absolute atomic E-state index is 13.8. The number of thioether (sulfide) groups is 2. The number of nitrogens with zero attached hydrogens (tertiary/aromatic N) is 3. The van der Waals surface area contributed by atoms with Gasteiger partial charge < -0.3 is 9.47 Å². The molecule has 1 aromatic heterocycles. The monoisotopic (exact) mass is 431 g/mol. The van der Waals surface area contributed by atoms with Gasteiger partial charge in [-0.2, -0.15) is 0 Å². The topological polar surface area (TPSA) is 49.2 Å². The Morgan fingerprint density at radius 1 is 1.17 bits per heavy atom. The van der Waals surface area contributed by atoms with Crippen molar-refractivity contribution < 1.29 is 13.9 Å². The van der Waals surface area contributed by atoms with Crippen molar-refractivity contribution in [1.82, 2.24) is 14.8 Å². The molecule has 3 rings (SSSR count). The van der Waals surface area contributed by atoms with E-state index in [0.29, 0.717) is 18.1 Å². The third-order valence-electron chi connectivity index (χ3n) is 4.11. The Hall–Kier alpha value is -2.45. The van der Waals surface area contributed by atoms with E-state index in [1.807, 2.05) is 16.9 Å². The average Bonchev–Trinajstić information content (AvgIpc) is 3.13. The van der Waals surface area contributed by atoms with Gasteiger partial charge in [0.15, 0.2) is 22.5 Å². The van der Waals surface area contributed by atoms with E-state index in [-0.39, 0.29) is 12.4 Å². The molecule has 0 saturated heterocycles. The number of hydrogen-bond donors (Lipinski definition) is 0. The lowest BCUT2D eigenvalue weighted by Gasteiger charge is -2.10. The van der Waals surface area contributed by atoms with Crippen molar-refractivity contribution in [1.29, 1.82) is 0 Å². The number of hydrogen-bond acceptors (Lipinski definition) is 6. The minimum Gasteiger partial charge on any atom is -0.496 e. The van der Waals surface area contributed by atoms with Crippen LogP contribution >= 0.6 is 23.5 Å². The van der Waals surface area contributed by atoms with Crippen molar-refractivity contribution in [3.63, 3.8) is 0 Å². The van der Waals surface area contributed by atoms with Gasteiger partial charge in [0.2, 0.25) is 0 Å². The van der Waals surface area contributed by atoms with Crippen LogP contribution in [0, 0.1) is 5.82 Å². The van der Waals surface area contributed by atoms with Crippen LogP contribution < -0.4 is 9.47 Å². The molecule has 0 radical (unpaired) electrons. The second-order valence-corrected chi connectivity index (χ2v) is 7.79. The Morgan fingerprint density at radius 3 is 2.72 bits per heavy atom. The van der Waals surface area contributed by atoms with Gasteiger partial charge in [-0.25, -0.2) is 4.39 Å². The summed E-state index contributed by atoms with van der Waals surface area (Å²) in [5.41, 5.74) is 1.13. The van der Waals surface area contributed by atoms with Gasteiger partial charge in [0, 0.05) is 17.2 Å². The van der Waals surface area contributed by atoms with Gasteiger partial charge in [-0.1, -0.05) is 36.0 Å². The van der Waals surface area contributed by atoms with Gasteiger partial charge >= 0.3 is 0 Å². The second kappa shape index (κ2) is 10.4. The number of benzene rings is 2. The van der Waals surface area contributed by atoms with Gasteiger partial charge in [0.05, 0.1) is 7.11 Å². The van der Waals surface area contributed by atoms with Crippen LogP contribution in [0.5, 0.6) is 11.5 Å². The molecule has 1 heterocycles. The minimum absolute atomic E-state index is 0.124. The number of para-hydroxylation sites is 1. The summed E-state index contributed by atoms with van der Waals surface area (Å²) in [5.74, 6) is 1.98. The molecule has 0 aliphatic rings. The maximum atomic E-state index is 13.8. The van der Waals surface area contributed by atoms with Crippen LogP contribution in [0.4, 0.5) is 4.39 Å². The highest BCUT2D eigenvalue weighted by Crippen LogP contribution is 2.31. The lowest BCUT2D eigenvalue weighted by atomic mass is 10.2. The zero-order chi connectivity index (χ0) is 20.6. The third-order valence-corrected chi connectivity index (χ3v) is 5.93. The Morgan fingerprint density at radius 2 is 2.00 bits per heavy atom. The number of halogens is 1. The van der Waals surface area contributed by atoms with Crippen LogP contribution in [-0.4, -0.2) is 28.1 Å². The van der Waals surface area contributed by atoms with Crippen molar-refractivity contribution in [3.8, 4) is 11.5 Å². The van der Waals surface area contributed by atoms with Gasteiger partial charge in [-0.3, -0.25) is 4.57 Å². The van der Waals surface area contributed by atoms with Crippen LogP contribution in [0.2, 0.25) is 0 Å². The van der Waals surface area contributed by atoms with Crippen LogP contribution in [0.25, 0.3) is 0 Å². The predicted octanol–water partition coefficient (Wildman–Crippen LogP) is 5.21. The highest BCUT2D eigenvalue weighted by atomic mass is 32.2. The first-order chi connectivity index (χ1) is 14.2. The molecule has 0 aliphatic heterocycles. The predicted molar refractivity (Wildman–Crippen MR) is 115 cm³/mol. The Balaban J connectivity index is 1.71. The number of rotatable bonds is 10. The molecule has 29 heavy (non-hydrogen) atoms. The van der Waals surface area contributed by atoms with E-state index >= 15 is 0 Å². The van der Waals surface area contributed by atoms with Crippen molar-refractivity contribution in [2.45, 2.75) is 29.0 Å². The molecule has 0 spiro atoms. The molecule has 0 unspecified atom stereocenters. The minimum atomic E-state index is -0.403. The number of allylic oxidation sites excluding steroid dienone is 1. The summed E-state index contributed by atoms with van der Waals surface area (Å²) in [4.78, 5) is 1.10. The molecule has 0 aliphatic carbocycles. The van der Waals surface area contributed by atoms with E-state index < -0.39 is 5.82 Å². The van der Waals surface area contributed by atoms with Gasteiger partial charge in [0.1, 0.15) is 12.4 Å². The normalized spacial score (nSPS) is 10.7. The second-order valence-electron chi connectivity index (χ2n) is 6.00. The van der Waals surface area contributed by atoms with Gasteiger partial charge in [0.25, 0.3) is 0 Å². The summed E-state index contributed by atoms with van der Waals surface area (Å²) in [5, 5.41) is 9.26. The van der Waals surface area contributed by atoms with E-state index in [1.54, 1.807) is 54.9 Å². The first-order valence-electron chi connectivity index (χ1n) is 8.90. The number of methoxy groups -OCH3 is 1. The average molecular weight is 432 g/mol. The van der Waals surface area contributed by atoms with Crippen LogP contribution in [-0.2, 0) is 18.9 Å². The lowest BCUT2D eigenvalue weighted by Crippen LogP contribution is -2.08. The maximum Gasteiger partial charge on any atom is 0.191 e. The van der Waals surface area contributed by atoms with Crippen molar-refractivity contribution in [2.24, 2.45) is 0 Å². The highest BCUT2D eigenvalue weighted by molar-refractivity contribution is 7.98. The fourth-order valence-corrected chi connectivity index (χ4v) is 4.12. The van der Waals surface area contributed by atoms with Crippen molar-refractivity contribution in [2.75, 3.05) is 13.4 Å². The van der Waals surface area contributed by atoms with E-state index in [1.165, 1.54) is 6.07 Å². The Kier molecular flexibility index (Phi) is 7.60. The largest absolute Gasteiger partial charge is 0.496 e. The van der Waals surface area contributed by atoms with Crippen LogP contribution in [0.1, 0.15) is 11.4 Å². The number of aromatic nitrogens is 3. The molecular weight excluding hydrogens is 409 g/mol. The molecule has 0 saturated carbocycles. The van der Waals surface area contributed by atoms with Gasteiger partial charge in [-0.05, 0) is 36.1 Å². The summed E-state index contributed by atoms with van der Waals surface area (Å²) in [6.07, 6.45) is 3.80. The summed E-state index contributed by atoms with van der Waals surface area (Å²) in [6, 6.07) is 12.5. The molecule has 2 aromatic carbocycles. The molecular formula is C21H22FN3O2S2. The van der Waals surface area contributed by atoms with E-state index in [0.717, 1.165) is 21.4 Å². The first kappa shape index (κ1) is 21.3. The molecule has 0 fully saturated rings. The quantitative estimate of drug-likeness (QED) is 0.325. The van der Waals surface area contributed by atoms with Crippen molar-refractivity contribution >= 4 is 23.5 Å². The summed E-state index contributed by atoms with van der Waals surface area (Å²) in [7, 11) is 1.68. The summed E-state index contributed by atoms with van der Waals surface area (Å²) >= 11 is 3.22. The fraction of sp³-hybridized carbons (Fsp3) is 0.238. The molecule has 8 heteroatoms. The standard InChI is InChI=1S/C21H22FN3O2S2/c1-4-11-25-20(13-27-17-8-6-5-7-16(17)22)23-24-21(25)29-14-15-9-10-19(28-3)18(12-15)26-2/h4-10,12H,1,11,13-14H2,2-3H3. The fourth-order valence-electron chi connectivity index (χ4n) is 2.67. The molecule has 152 valence electrons. The van der Waals surface area contributed by atoms with Gasteiger partial charge in [-0.15, -0.1) is 28.5 Å². The molecule has 5 nitrogen and oxygen atoms in total. The Labute approximate surface area is 178 Å². The van der Waals surface area contributed by atoms with E-state index in [2.05, 4.69) is 28.9 Å². The van der Waals surface area contributed by atoms with E-state index in [4.69, 9.17) is 9.47 Å². The zero-order valence-corrected chi connectivity index (χ0v) is 17.9. The van der Waals surface area contributed by atoms with Crippen LogP contribution in [0.3, 0.4) is 0 Å². The third kappa shape index (κ3) is 5.33. The highest BCUT2D eigenvalue weighted by Gasteiger charge is 2.14. The molecule has 3 aromatic rings. The van der Waals surface area contributed by atoms with E-state index in [9.17, 15) is 4.39 Å². The molecule has 0 amide bonds. The number of ether oxygens (including phenoxy) is 2. The molecule has 0 N–H and O–H groups in total. The molecule has 0 bridgehead atoms. The smallest absolute Gasteiger partial charge is 0.191 e. The summed E-state index contributed by atoms with van der Waals surface area (Å²) < 4.78 is 26.7. The van der Waals surface area contributed by atoms with Crippen LogP contribution in [0.15, 0.2) is 65.2 Å².